The molecule has 4 heteroatoms. The first-order chi connectivity index (χ1) is 7.91. The van der Waals surface area contributed by atoms with Gasteiger partial charge in [-0.15, -0.1) is 0 Å². The Kier molecular flexibility index (Phi) is 5.25. The molecule has 0 aliphatic rings. The van der Waals surface area contributed by atoms with Crippen LogP contribution in [0.25, 0.3) is 0 Å². The number of nitrogens with two attached hydrogens (primary N) is 1. The molecule has 1 rings (SSSR count). The van der Waals surface area contributed by atoms with Gasteiger partial charge in [0.25, 0.3) is 0 Å². The first-order valence-corrected chi connectivity index (χ1v) is 6.21. The van der Waals surface area contributed by atoms with Crippen molar-refractivity contribution < 1.29 is 10.2 Å². The first-order valence-electron chi connectivity index (χ1n) is 5.84. The number of aromatic hydroxyl groups is 1. The van der Waals surface area contributed by atoms with E-state index in [4.69, 9.17) is 17.3 Å². The normalized spacial score (nSPS) is 14.9. The van der Waals surface area contributed by atoms with E-state index in [-0.39, 0.29) is 10.8 Å². The summed E-state index contributed by atoms with van der Waals surface area (Å²) in [5.74, 6) is 0.569. The fourth-order valence-electron chi connectivity index (χ4n) is 1.64. The predicted octanol–water partition coefficient (Wildman–Crippen LogP) is 2.84. The molecule has 0 aromatic heterocycles. The molecule has 0 amide bonds. The molecule has 17 heavy (non-hydrogen) atoms. The number of halogens is 1. The molecule has 0 heterocycles. The minimum Gasteiger partial charge on any atom is -0.506 e. The Bertz CT molecular complexity index is 368. The summed E-state index contributed by atoms with van der Waals surface area (Å²) in [7, 11) is 0. The second kappa shape index (κ2) is 6.24. The molecule has 0 spiro atoms. The van der Waals surface area contributed by atoms with Crippen molar-refractivity contribution in [1.29, 1.82) is 0 Å². The molecule has 2 atom stereocenters. The third-order valence-corrected chi connectivity index (χ3v) is 3.11. The standard InChI is InChI=1S/C13H20ClNO2/c1-8(2)3-5-12(17)13(15)9-4-6-11(16)10(14)7-9/h4,6-8,12-13,16-17H,3,5,15H2,1-2H3/t12-,13+/m1/s1. The van der Waals surface area contributed by atoms with Crippen LogP contribution in [0.5, 0.6) is 5.75 Å². The summed E-state index contributed by atoms with van der Waals surface area (Å²) in [6, 6.07) is 4.31. The van der Waals surface area contributed by atoms with Crippen molar-refractivity contribution in [3.63, 3.8) is 0 Å². The van der Waals surface area contributed by atoms with Crippen molar-refractivity contribution in [3.05, 3.63) is 28.8 Å². The Balaban J connectivity index is 2.67. The summed E-state index contributed by atoms with van der Waals surface area (Å²) < 4.78 is 0. The average Bonchev–Trinajstić information content (AvgIpc) is 2.28. The van der Waals surface area contributed by atoms with Gasteiger partial charge in [-0.1, -0.05) is 31.5 Å². The van der Waals surface area contributed by atoms with Crippen LogP contribution in [-0.4, -0.2) is 16.3 Å². The molecule has 4 N–H and O–H groups in total. The molecule has 0 aliphatic carbocycles. The zero-order valence-electron chi connectivity index (χ0n) is 10.2. The Morgan fingerprint density at radius 2 is 1.94 bits per heavy atom. The van der Waals surface area contributed by atoms with Crippen LogP contribution in [0.4, 0.5) is 0 Å². The van der Waals surface area contributed by atoms with Crippen LogP contribution in [0.3, 0.4) is 0 Å². The highest BCUT2D eigenvalue weighted by Crippen LogP contribution is 2.28. The van der Waals surface area contributed by atoms with Gasteiger partial charge in [-0.25, -0.2) is 0 Å². The van der Waals surface area contributed by atoms with E-state index in [1.54, 1.807) is 12.1 Å². The van der Waals surface area contributed by atoms with Gasteiger partial charge in [-0.3, -0.25) is 0 Å². The summed E-state index contributed by atoms with van der Waals surface area (Å²) in [4.78, 5) is 0. The SMILES string of the molecule is CC(C)CC[C@@H](O)[C@@H](N)c1ccc(O)c(Cl)c1. The summed E-state index contributed by atoms with van der Waals surface area (Å²) in [5.41, 5.74) is 6.69. The monoisotopic (exact) mass is 257 g/mol. The third kappa shape index (κ3) is 4.19. The van der Waals surface area contributed by atoms with E-state index >= 15 is 0 Å². The summed E-state index contributed by atoms with van der Waals surface area (Å²) in [6.07, 6.45) is 1.01. The van der Waals surface area contributed by atoms with Gasteiger partial charge in [0.15, 0.2) is 0 Å². The van der Waals surface area contributed by atoms with Crippen molar-refractivity contribution in [1.82, 2.24) is 0 Å². The molecular weight excluding hydrogens is 238 g/mol. The van der Waals surface area contributed by atoms with E-state index in [1.807, 2.05) is 0 Å². The van der Waals surface area contributed by atoms with E-state index in [1.165, 1.54) is 6.07 Å². The van der Waals surface area contributed by atoms with Gasteiger partial charge in [0.05, 0.1) is 17.2 Å². The quantitative estimate of drug-likeness (QED) is 0.760. The van der Waals surface area contributed by atoms with Gasteiger partial charge in [-0.05, 0) is 36.5 Å². The lowest BCUT2D eigenvalue weighted by Gasteiger charge is -2.20. The van der Waals surface area contributed by atoms with Gasteiger partial charge in [0.1, 0.15) is 5.75 Å². The van der Waals surface area contributed by atoms with Crippen LogP contribution < -0.4 is 5.73 Å². The molecule has 0 aliphatic heterocycles. The fourth-order valence-corrected chi connectivity index (χ4v) is 1.83. The lowest BCUT2D eigenvalue weighted by atomic mass is 9.96. The molecule has 1 aromatic rings. The second-order valence-corrected chi connectivity index (χ2v) is 5.18. The lowest BCUT2D eigenvalue weighted by Crippen LogP contribution is -2.26. The maximum Gasteiger partial charge on any atom is 0.134 e. The maximum atomic E-state index is 9.95. The number of phenolic OH excluding ortho intramolecular Hbond substituents is 1. The van der Waals surface area contributed by atoms with Crippen molar-refractivity contribution in [3.8, 4) is 5.75 Å². The van der Waals surface area contributed by atoms with Crippen LogP contribution in [-0.2, 0) is 0 Å². The Morgan fingerprint density at radius 1 is 1.29 bits per heavy atom. The van der Waals surface area contributed by atoms with Gasteiger partial charge in [0.2, 0.25) is 0 Å². The first kappa shape index (κ1) is 14.3. The van der Waals surface area contributed by atoms with Gasteiger partial charge in [0, 0.05) is 0 Å². The zero-order valence-corrected chi connectivity index (χ0v) is 11.0. The van der Waals surface area contributed by atoms with E-state index in [9.17, 15) is 10.2 Å². The topological polar surface area (TPSA) is 66.5 Å². The number of hydrogen-bond acceptors (Lipinski definition) is 3. The number of benzene rings is 1. The van der Waals surface area contributed by atoms with Crippen molar-refractivity contribution in [2.45, 2.75) is 38.8 Å². The molecule has 3 nitrogen and oxygen atoms in total. The maximum absolute atomic E-state index is 9.95. The molecule has 1 aromatic carbocycles. The van der Waals surface area contributed by atoms with Crippen molar-refractivity contribution >= 4 is 11.6 Å². The Labute approximate surface area is 107 Å². The minimum atomic E-state index is -0.585. The molecule has 0 saturated carbocycles. The molecular formula is C13H20ClNO2. The number of phenols is 1. The summed E-state index contributed by atoms with van der Waals surface area (Å²) in [6.45, 7) is 4.21. The smallest absolute Gasteiger partial charge is 0.134 e. The lowest BCUT2D eigenvalue weighted by molar-refractivity contribution is 0.128. The number of aliphatic hydroxyl groups excluding tert-OH is 1. The van der Waals surface area contributed by atoms with Crippen molar-refractivity contribution in [2.75, 3.05) is 0 Å². The van der Waals surface area contributed by atoms with Crippen LogP contribution in [0, 0.1) is 5.92 Å². The zero-order chi connectivity index (χ0) is 13.0. The fraction of sp³-hybridized carbons (Fsp3) is 0.538. The third-order valence-electron chi connectivity index (χ3n) is 2.81. The number of rotatable bonds is 5. The van der Waals surface area contributed by atoms with Crippen LogP contribution >= 0.6 is 11.6 Å². The highest BCUT2D eigenvalue weighted by atomic mass is 35.5. The highest BCUT2D eigenvalue weighted by Gasteiger charge is 2.17. The van der Waals surface area contributed by atoms with Crippen LogP contribution in [0.2, 0.25) is 5.02 Å². The minimum absolute atomic E-state index is 0.0271. The largest absolute Gasteiger partial charge is 0.506 e. The Hall–Kier alpha value is -0.770. The Morgan fingerprint density at radius 3 is 2.47 bits per heavy atom. The predicted molar refractivity (Wildman–Crippen MR) is 70.1 cm³/mol. The molecule has 0 saturated heterocycles. The van der Waals surface area contributed by atoms with E-state index in [0.717, 1.165) is 12.0 Å². The molecule has 96 valence electrons. The number of aliphatic hydroxyl groups is 1. The van der Waals surface area contributed by atoms with Crippen molar-refractivity contribution in [2.24, 2.45) is 11.7 Å². The second-order valence-electron chi connectivity index (χ2n) is 4.78. The van der Waals surface area contributed by atoms with E-state index in [0.29, 0.717) is 12.3 Å². The highest BCUT2D eigenvalue weighted by molar-refractivity contribution is 6.32. The van der Waals surface area contributed by atoms with Gasteiger partial charge in [-0.2, -0.15) is 0 Å². The van der Waals surface area contributed by atoms with Gasteiger partial charge >= 0.3 is 0 Å². The van der Waals surface area contributed by atoms with Crippen LogP contribution in [0.1, 0.15) is 38.3 Å². The van der Waals surface area contributed by atoms with E-state index < -0.39 is 12.1 Å². The summed E-state index contributed by atoms with van der Waals surface area (Å²) in [5, 5.41) is 19.5. The molecule has 0 bridgehead atoms. The molecule has 0 unspecified atom stereocenters. The summed E-state index contributed by atoms with van der Waals surface area (Å²) >= 11 is 5.80. The average molecular weight is 258 g/mol. The van der Waals surface area contributed by atoms with E-state index in [2.05, 4.69) is 13.8 Å². The molecule has 0 fully saturated rings. The molecule has 0 radical (unpaired) electrons. The van der Waals surface area contributed by atoms with Gasteiger partial charge < -0.3 is 15.9 Å². The van der Waals surface area contributed by atoms with Crippen LogP contribution in [0.15, 0.2) is 18.2 Å². The number of hydrogen-bond donors (Lipinski definition) is 3.